The summed E-state index contributed by atoms with van der Waals surface area (Å²) in [7, 11) is -0.257. The van der Waals surface area contributed by atoms with Crippen molar-refractivity contribution in [3.63, 3.8) is 0 Å². The number of benzene rings is 2. The van der Waals surface area contributed by atoms with Gasteiger partial charge in [-0.3, -0.25) is 4.79 Å². The van der Waals surface area contributed by atoms with Gasteiger partial charge in [0.1, 0.15) is 5.75 Å². The van der Waals surface area contributed by atoms with Crippen LogP contribution in [0.25, 0.3) is 0 Å². The van der Waals surface area contributed by atoms with Crippen molar-refractivity contribution in [2.24, 2.45) is 0 Å². The lowest BCUT2D eigenvalue weighted by Crippen LogP contribution is -2.47. The predicted octanol–water partition coefficient (Wildman–Crippen LogP) is 2.45. The van der Waals surface area contributed by atoms with Gasteiger partial charge in [-0.05, 0) is 49.4 Å². The minimum atomic E-state index is -3.68. The maximum absolute atomic E-state index is 13.0. The third-order valence-corrected chi connectivity index (χ3v) is 7.03. The maximum Gasteiger partial charge on any atom is 0.259 e. The number of nitrogens with zero attached hydrogens (tertiary/aromatic N) is 2. The summed E-state index contributed by atoms with van der Waals surface area (Å²) in [6, 6.07) is 11.9. The van der Waals surface area contributed by atoms with E-state index < -0.39 is 15.9 Å². The van der Waals surface area contributed by atoms with Gasteiger partial charge in [-0.2, -0.15) is 4.31 Å². The number of sulfonamides is 1. The van der Waals surface area contributed by atoms with Crippen LogP contribution in [0.1, 0.15) is 22.8 Å². The van der Waals surface area contributed by atoms with Crippen molar-refractivity contribution in [3.8, 4) is 5.75 Å². The molecule has 29 heavy (non-hydrogen) atoms. The number of anilines is 1. The molecule has 1 N–H and O–H groups in total. The van der Waals surface area contributed by atoms with E-state index in [2.05, 4.69) is 17.1 Å². The molecule has 7 nitrogen and oxygen atoms in total. The highest BCUT2D eigenvalue weighted by atomic mass is 32.2. The molecule has 1 aliphatic heterocycles. The molecule has 1 amide bonds. The molecular weight excluding hydrogens is 390 g/mol. The minimum Gasteiger partial charge on any atom is -0.496 e. The third kappa shape index (κ3) is 4.77. The topological polar surface area (TPSA) is 79.0 Å². The molecule has 0 aromatic heterocycles. The van der Waals surface area contributed by atoms with Gasteiger partial charge in [-0.15, -0.1) is 0 Å². The first-order valence-electron chi connectivity index (χ1n) is 9.62. The Hall–Kier alpha value is -2.42. The Labute approximate surface area is 172 Å². The number of piperazine rings is 1. The summed E-state index contributed by atoms with van der Waals surface area (Å²) < 4.78 is 32.8. The first-order valence-corrected chi connectivity index (χ1v) is 11.1. The minimum absolute atomic E-state index is 0.0920. The molecular formula is C21H27N3O4S. The van der Waals surface area contributed by atoms with E-state index in [9.17, 15) is 13.2 Å². The number of hydrogen-bond donors (Lipinski definition) is 1. The van der Waals surface area contributed by atoms with Crippen molar-refractivity contribution < 1.29 is 17.9 Å². The summed E-state index contributed by atoms with van der Waals surface area (Å²) in [4.78, 5) is 15.0. The Morgan fingerprint density at radius 3 is 2.31 bits per heavy atom. The molecule has 2 aromatic rings. The SMILES string of the molecule is CCc1ccc(NC(=O)c2cc(S(=O)(=O)N3CCN(C)CC3)ccc2OC)cc1. The van der Waals surface area contributed by atoms with E-state index in [1.54, 1.807) is 0 Å². The third-order valence-electron chi connectivity index (χ3n) is 5.14. The van der Waals surface area contributed by atoms with E-state index in [0.29, 0.717) is 37.6 Å². The van der Waals surface area contributed by atoms with E-state index in [1.165, 1.54) is 35.2 Å². The molecule has 0 unspecified atom stereocenters. The molecule has 0 saturated carbocycles. The number of carbonyl (C=O) groups is 1. The number of carbonyl (C=O) groups excluding carboxylic acids is 1. The lowest BCUT2D eigenvalue weighted by atomic mass is 10.1. The summed E-state index contributed by atoms with van der Waals surface area (Å²) in [6.45, 7) is 4.27. The molecule has 0 radical (unpaired) electrons. The summed E-state index contributed by atoms with van der Waals surface area (Å²) in [5, 5.41) is 2.81. The van der Waals surface area contributed by atoms with Crippen molar-refractivity contribution in [2.75, 3.05) is 45.7 Å². The Morgan fingerprint density at radius 1 is 1.07 bits per heavy atom. The fourth-order valence-electron chi connectivity index (χ4n) is 3.22. The second kappa shape index (κ2) is 8.94. The number of amides is 1. The van der Waals surface area contributed by atoms with E-state index in [4.69, 9.17) is 4.74 Å². The number of nitrogens with one attached hydrogen (secondary N) is 1. The first kappa shape index (κ1) is 21.3. The van der Waals surface area contributed by atoms with Gasteiger partial charge in [0.2, 0.25) is 10.0 Å². The van der Waals surface area contributed by atoms with Crippen LogP contribution in [0.4, 0.5) is 5.69 Å². The lowest BCUT2D eigenvalue weighted by molar-refractivity contribution is 0.102. The summed E-state index contributed by atoms with van der Waals surface area (Å²) in [5.74, 6) is -0.0912. The van der Waals surface area contributed by atoms with Crippen LogP contribution in [-0.2, 0) is 16.4 Å². The van der Waals surface area contributed by atoms with E-state index in [-0.39, 0.29) is 10.5 Å². The van der Waals surface area contributed by atoms with Crippen LogP contribution in [0.5, 0.6) is 5.75 Å². The molecule has 1 aliphatic rings. The largest absolute Gasteiger partial charge is 0.496 e. The summed E-state index contributed by atoms with van der Waals surface area (Å²) in [6.07, 6.45) is 0.911. The van der Waals surface area contributed by atoms with Crippen molar-refractivity contribution in [1.29, 1.82) is 0 Å². The zero-order valence-electron chi connectivity index (χ0n) is 17.0. The molecule has 1 fully saturated rings. The van der Waals surface area contributed by atoms with Gasteiger partial charge < -0.3 is 15.0 Å². The van der Waals surface area contributed by atoms with Crippen molar-refractivity contribution in [2.45, 2.75) is 18.2 Å². The number of ether oxygens (including phenoxy) is 1. The van der Waals surface area contributed by atoms with E-state index >= 15 is 0 Å². The molecule has 3 rings (SSSR count). The number of methoxy groups -OCH3 is 1. The normalized spacial score (nSPS) is 15.8. The van der Waals surface area contributed by atoms with Crippen molar-refractivity contribution in [1.82, 2.24) is 9.21 Å². The zero-order chi connectivity index (χ0) is 21.0. The van der Waals surface area contributed by atoms with Crippen molar-refractivity contribution >= 4 is 21.6 Å². The van der Waals surface area contributed by atoms with Gasteiger partial charge in [0.15, 0.2) is 0 Å². The van der Waals surface area contributed by atoms with Gasteiger partial charge in [-0.25, -0.2) is 8.42 Å². The molecule has 8 heteroatoms. The van der Waals surface area contributed by atoms with E-state index in [1.807, 2.05) is 31.3 Å². The summed E-state index contributed by atoms with van der Waals surface area (Å²) >= 11 is 0. The Balaban J connectivity index is 1.87. The first-order chi connectivity index (χ1) is 13.8. The average Bonchev–Trinajstić information content (AvgIpc) is 2.74. The highest BCUT2D eigenvalue weighted by molar-refractivity contribution is 7.89. The van der Waals surface area contributed by atoms with Crippen LogP contribution in [0.2, 0.25) is 0 Å². The number of likely N-dealkylation sites (N-methyl/N-ethyl adjacent to an activating group) is 1. The number of rotatable bonds is 6. The molecule has 1 saturated heterocycles. The fourth-order valence-corrected chi connectivity index (χ4v) is 4.67. The quantitative estimate of drug-likeness (QED) is 0.781. The highest BCUT2D eigenvalue weighted by Crippen LogP contribution is 2.26. The Morgan fingerprint density at radius 2 is 1.72 bits per heavy atom. The van der Waals surface area contributed by atoms with Gasteiger partial charge >= 0.3 is 0 Å². The summed E-state index contributed by atoms with van der Waals surface area (Å²) in [5.41, 5.74) is 1.99. The van der Waals surface area contributed by atoms with Crippen LogP contribution in [0.3, 0.4) is 0 Å². The molecule has 2 aromatic carbocycles. The second-order valence-corrected chi connectivity index (χ2v) is 9.01. The molecule has 156 valence electrons. The van der Waals surface area contributed by atoms with Crippen LogP contribution in [-0.4, -0.2) is 63.9 Å². The Bertz CT molecular complexity index is 966. The number of hydrogen-bond acceptors (Lipinski definition) is 5. The molecule has 0 aliphatic carbocycles. The van der Waals surface area contributed by atoms with Crippen LogP contribution >= 0.6 is 0 Å². The molecule has 0 spiro atoms. The van der Waals surface area contributed by atoms with Gasteiger partial charge in [0, 0.05) is 31.9 Å². The van der Waals surface area contributed by atoms with E-state index in [0.717, 1.165) is 6.42 Å². The lowest BCUT2D eigenvalue weighted by Gasteiger charge is -2.31. The van der Waals surface area contributed by atoms with Gasteiger partial charge in [-0.1, -0.05) is 19.1 Å². The average molecular weight is 418 g/mol. The van der Waals surface area contributed by atoms with Gasteiger partial charge in [0.05, 0.1) is 17.6 Å². The number of aryl methyl sites for hydroxylation is 1. The molecule has 1 heterocycles. The predicted molar refractivity (Wildman–Crippen MR) is 113 cm³/mol. The zero-order valence-corrected chi connectivity index (χ0v) is 17.8. The van der Waals surface area contributed by atoms with Crippen molar-refractivity contribution in [3.05, 3.63) is 53.6 Å². The van der Waals surface area contributed by atoms with Gasteiger partial charge in [0.25, 0.3) is 5.91 Å². The van der Waals surface area contributed by atoms with Crippen LogP contribution < -0.4 is 10.1 Å². The fraction of sp³-hybridized carbons (Fsp3) is 0.381. The highest BCUT2D eigenvalue weighted by Gasteiger charge is 2.29. The molecule has 0 bridgehead atoms. The standard InChI is InChI=1S/C21H27N3O4S/c1-4-16-5-7-17(8-6-16)22-21(25)19-15-18(9-10-20(19)28-3)29(26,27)24-13-11-23(2)12-14-24/h5-10,15H,4,11-14H2,1-3H3,(H,22,25). The second-order valence-electron chi connectivity index (χ2n) is 7.07. The Kier molecular flexibility index (Phi) is 6.56. The smallest absolute Gasteiger partial charge is 0.259 e. The monoisotopic (exact) mass is 417 g/mol. The van der Waals surface area contributed by atoms with Crippen LogP contribution in [0, 0.1) is 0 Å². The maximum atomic E-state index is 13.0. The molecule has 0 atom stereocenters. The van der Waals surface area contributed by atoms with Crippen LogP contribution in [0.15, 0.2) is 47.4 Å².